The molecule has 1 aromatic heterocycles. The standard InChI is InChI=1S/C20H14F6N4O4S/c1-35(27,32)12-4-2-3-10(7-12)28-17(31)13-9-16(20(24,25)26)29-30-18(13)34-15-6-5-11(8-14(15)21)33-19(22)23/h2-9,19,27H,1H3,(H,28,31). The Kier molecular flexibility index (Phi) is 7.19. The molecule has 186 valence electrons. The summed E-state index contributed by atoms with van der Waals surface area (Å²) in [6, 6.07) is 7.83. The highest BCUT2D eigenvalue weighted by Crippen LogP contribution is 2.33. The van der Waals surface area contributed by atoms with Crippen LogP contribution in [0.2, 0.25) is 0 Å². The molecule has 0 bridgehead atoms. The number of rotatable bonds is 7. The van der Waals surface area contributed by atoms with Gasteiger partial charge < -0.3 is 14.8 Å². The summed E-state index contributed by atoms with van der Waals surface area (Å²) < 4.78 is 107. The molecule has 1 atom stereocenters. The van der Waals surface area contributed by atoms with Gasteiger partial charge in [-0.3, -0.25) is 4.79 Å². The lowest BCUT2D eigenvalue weighted by molar-refractivity contribution is -0.141. The zero-order valence-electron chi connectivity index (χ0n) is 17.4. The number of amides is 1. The highest BCUT2D eigenvalue weighted by atomic mass is 32.2. The van der Waals surface area contributed by atoms with Crippen LogP contribution < -0.4 is 14.8 Å². The van der Waals surface area contributed by atoms with E-state index in [-0.39, 0.29) is 10.6 Å². The number of carbonyl (C=O) groups is 1. The summed E-state index contributed by atoms with van der Waals surface area (Å²) in [5.41, 5.74) is -2.36. The van der Waals surface area contributed by atoms with Crippen molar-refractivity contribution in [1.82, 2.24) is 10.2 Å². The first kappa shape index (κ1) is 25.7. The van der Waals surface area contributed by atoms with Crippen LogP contribution in [0.15, 0.2) is 53.4 Å². The number of hydrogen-bond acceptors (Lipinski definition) is 7. The van der Waals surface area contributed by atoms with Gasteiger partial charge in [0, 0.05) is 22.9 Å². The molecular weight excluding hydrogens is 506 g/mol. The van der Waals surface area contributed by atoms with E-state index in [4.69, 9.17) is 9.52 Å². The van der Waals surface area contributed by atoms with Crippen LogP contribution in [0, 0.1) is 10.6 Å². The smallest absolute Gasteiger partial charge is 0.435 e. The molecular formula is C20H14F6N4O4S. The minimum Gasteiger partial charge on any atom is -0.435 e. The van der Waals surface area contributed by atoms with E-state index < -0.39 is 62.9 Å². The minimum atomic E-state index is -4.99. The maximum absolute atomic E-state index is 14.3. The molecule has 1 amide bonds. The normalized spacial score (nSPS) is 13.3. The van der Waals surface area contributed by atoms with E-state index >= 15 is 0 Å². The largest absolute Gasteiger partial charge is 0.435 e. The summed E-state index contributed by atoms with van der Waals surface area (Å²) in [5.74, 6) is -4.46. The van der Waals surface area contributed by atoms with E-state index in [2.05, 4.69) is 20.3 Å². The van der Waals surface area contributed by atoms with Gasteiger partial charge in [0.15, 0.2) is 17.3 Å². The van der Waals surface area contributed by atoms with E-state index in [9.17, 15) is 35.3 Å². The van der Waals surface area contributed by atoms with Crippen LogP contribution in [-0.2, 0) is 15.9 Å². The lowest BCUT2D eigenvalue weighted by atomic mass is 10.2. The Morgan fingerprint density at radius 2 is 1.83 bits per heavy atom. The van der Waals surface area contributed by atoms with Crippen molar-refractivity contribution in [2.24, 2.45) is 0 Å². The Balaban J connectivity index is 1.98. The molecule has 0 aliphatic heterocycles. The molecule has 35 heavy (non-hydrogen) atoms. The third kappa shape index (κ3) is 6.59. The number of halogens is 6. The Morgan fingerprint density at radius 3 is 2.43 bits per heavy atom. The zero-order valence-corrected chi connectivity index (χ0v) is 18.2. The molecule has 2 aromatic carbocycles. The van der Waals surface area contributed by atoms with Crippen molar-refractivity contribution < 1.29 is 44.8 Å². The minimum absolute atomic E-state index is 0.00896. The van der Waals surface area contributed by atoms with E-state index in [1.54, 1.807) is 0 Å². The van der Waals surface area contributed by atoms with E-state index in [1.807, 2.05) is 0 Å². The van der Waals surface area contributed by atoms with Crippen LogP contribution in [0.1, 0.15) is 16.1 Å². The van der Waals surface area contributed by atoms with Gasteiger partial charge in [-0.05, 0) is 36.4 Å². The summed E-state index contributed by atoms with van der Waals surface area (Å²) in [6.07, 6.45) is -3.85. The second kappa shape index (κ2) is 9.77. The van der Waals surface area contributed by atoms with Crippen molar-refractivity contribution in [1.29, 1.82) is 4.78 Å². The van der Waals surface area contributed by atoms with Crippen molar-refractivity contribution in [3.8, 4) is 17.4 Å². The van der Waals surface area contributed by atoms with Gasteiger partial charge in [-0.1, -0.05) is 6.07 Å². The fraction of sp³-hybridized carbons (Fsp3) is 0.150. The molecule has 0 saturated carbocycles. The summed E-state index contributed by atoms with van der Waals surface area (Å²) >= 11 is 0. The quantitative estimate of drug-likeness (QED) is 0.408. The van der Waals surface area contributed by atoms with Crippen molar-refractivity contribution in [2.45, 2.75) is 17.7 Å². The molecule has 1 unspecified atom stereocenters. The number of alkyl halides is 5. The predicted molar refractivity (Wildman–Crippen MR) is 110 cm³/mol. The maximum Gasteiger partial charge on any atom is 0.435 e. The lowest BCUT2D eigenvalue weighted by Crippen LogP contribution is -2.18. The number of anilines is 1. The molecule has 0 aliphatic carbocycles. The molecule has 0 spiro atoms. The number of aromatic nitrogens is 2. The van der Waals surface area contributed by atoms with Crippen LogP contribution in [0.25, 0.3) is 0 Å². The predicted octanol–water partition coefficient (Wildman–Crippen LogP) is 5.32. The SMILES string of the molecule is CS(=N)(=O)c1cccc(NC(=O)c2cc(C(F)(F)F)nnc2Oc2ccc(OC(F)F)cc2F)c1. The number of nitrogens with one attached hydrogen (secondary N) is 2. The van der Waals surface area contributed by atoms with Crippen molar-refractivity contribution >= 4 is 21.3 Å². The Labute approximate surface area is 193 Å². The van der Waals surface area contributed by atoms with Gasteiger partial charge in [0.25, 0.3) is 11.8 Å². The van der Waals surface area contributed by atoms with Gasteiger partial charge >= 0.3 is 12.8 Å². The van der Waals surface area contributed by atoms with E-state index in [0.717, 1.165) is 18.4 Å². The molecule has 0 fully saturated rings. The summed E-state index contributed by atoms with van der Waals surface area (Å²) in [7, 11) is -3.16. The average molecular weight is 520 g/mol. The van der Waals surface area contributed by atoms with Crippen LogP contribution in [0.5, 0.6) is 17.4 Å². The van der Waals surface area contributed by atoms with Gasteiger partial charge in [-0.25, -0.2) is 13.4 Å². The average Bonchev–Trinajstić information content (AvgIpc) is 2.74. The summed E-state index contributed by atoms with van der Waals surface area (Å²) in [4.78, 5) is 12.8. The van der Waals surface area contributed by atoms with Crippen LogP contribution in [0.3, 0.4) is 0 Å². The van der Waals surface area contributed by atoms with Crippen molar-refractivity contribution in [3.63, 3.8) is 0 Å². The highest BCUT2D eigenvalue weighted by molar-refractivity contribution is 7.91. The van der Waals surface area contributed by atoms with Gasteiger partial charge in [0.05, 0.1) is 9.73 Å². The fourth-order valence-corrected chi connectivity index (χ4v) is 3.31. The third-order valence-corrected chi connectivity index (χ3v) is 5.33. The first-order chi connectivity index (χ1) is 16.2. The first-order valence-electron chi connectivity index (χ1n) is 9.26. The number of nitrogens with zero attached hydrogens (tertiary/aromatic N) is 2. The number of benzene rings is 2. The topological polar surface area (TPSA) is 114 Å². The van der Waals surface area contributed by atoms with Gasteiger partial charge in [-0.15, -0.1) is 10.2 Å². The monoisotopic (exact) mass is 520 g/mol. The van der Waals surface area contributed by atoms with Crippen molar-refractivity contribution in [3.05, 3.63) is 65.6 Å². The van der Waals surface area contributed by atoms with Gasteiger partial charge in [-0.2, -0.15) is 22.0 Å². The summed E-state index contributed by atoms with van der Waals surface area (Å²) in [6.45, 7) is -3.23. The Bertz CT molecular complexity index is 1370. The zero-order chi connectivity index (χ0) is 26.0. The molecule has 0 radical (unpaired) electrons. The molecule has 0 aliphatic rings. The van der Waals surface area contributed by atoms with E-state index in [1.165, 1.54) is 24.3 Å². The lowest BCUT2D eigenvalue weighted by Gasteiger charge is -2.14. The number of hydrogen-bond donors (Lipinski definition) is 2. The van der Waals surface area contributed by atoms with Crippen LogP contribution in [-0.4, -0.2) is 33.2 Å². The van der Waals surface area contributed by atoms with Gasteiger partial charge in [0.2, 0.25) is 0 Å². The van der Waals surface area contributed by atoms with E-state index in [0.29, 0.717) is 12.1 Å². The van der Waals surface area contributed by atoms with Gasteiger partial charge in [0.1, 0.15) is 11.3 Å². The fourth-order valence-electron chi connectivity index (χ4n) is 2.62. The Hall–Kier alpha value is -3.88. The third-order valence-electron chi connectivity index (χ3n) is 4.17. The summed E-state index contributed by atoms with van der Waals surface area (Å²) in [5, 5.41) is 8.43. The molecule has 3 rings (SSSR count). The molecule has 2 N–H and O–H groups in total. The second-order valence-corrected chi connectivity index (χ2v) is 9.00. The molecule has 1 heterocycles. The number of carbonyl (C=O) groups excluding carboxylic acids is 1. The number of ether oxygens (including phenoxy) is 2. The molecule has 0 saturated heterocycles. The van der Waals surface area contributed by atoms with Crippen LogP contribution >= 0.6 is 0 Å². The highest BCUT2D eigenvalue weighted by Gasteiger charge is 2.35. The molecule has 3 aromatic rings. The Morgan fingerprint density at radius 1 is 1.11 bits per heavy atom. The molecule has 15 heteroatoms. The van der Waals surface area contributed by atoms with Crippen LogP contribution in [0.4, 0.5) is 32.0 Å². The first-order valence-corrected chi connectivity index (χ1v) is 11.2. The maximum atomic E-state index is 14.3. The second-order valence-electron chi connectivity index (χ2n) is 6.84. The van der Waals surface area contributed by atoms with Crippen molar-refractivity contribution in [2.75, 3.05) is 11.6 Å². The molecule has 8 nitrogen and oxygen atoms in total.